The Labute approximate surface area is 160 Å². The second-order valence-electron chi connectivity index (χ2n) is 6.39. The van der Waals surface area contributed by atoms with Crippen LogP contribution in [0.25, 0.3) is 0 Å². The number of anilines is 1. The van der Waals surface area contributed by atoms with E-state index < -0.39 is 0 Å². The summed E-state index contributed by atoms with van der Waals surface area (Å²) in [7, 11) is 0. The number of carbonyl (C=O) groups excluding carboxylic acids is 2. The Morgan fingerprint density at radius 3 is 2.60 bits per heavy atom. The number of hydrogen-bond donors (Lipinski definition) is 2. The molecule has 1 aliphatic heterocycles. The lowest BCUT2D eigenvalue weighted by Crippen LogP contribution is -2.46. The minimum absolute atomic E-state index is 0. The first kappa shape index (κ1) is 21.7. The van der Waals surface area contributed by atoms with E-state index in [1.165, 1.54) is 0 Å². The molecule has 0 spiro atoms. The lowest BCUT2D eigenvalue weighted by atomic mass is 9.92. The van der Waals surface area contributed by atoms with Crippen LogP contribution < -0.4 is 10.6 Å². The van der Waals surface area contributed by atoms with Crippen molar-refractivity contribution >= 4 is 41.5 Å². The Hall–Kier alpha value is -1.30. The molecule has 0 aliphatic carbocycles. The Balaban J connectivity index is 0.00000312. The molecule has 2 atom stereocenters. The summed E-state index contributed by atoms with van der Waals surface area (Å²) < 4.78 is 0. The van der Waals surface area contributed by atoms with E-state index >= 15 is 0 Å². The van der Waals surface area contributed by atoms with Crippen LogP contribution in [0.5, 0.6) is 0 Å². The summed E-state index contributed by atoms with van der Waals surface area (Å²) in [5.41, 5.74) is 0.684. The summed E-state index contributed by atoms with van der Waals surface area (Å²) in [6.07, 6.45) is 2.50. The van der Waals surface area contributed by atoms with Crippen LogP contribution in [0.15, 0.2) is 24.3 Å². The van der Waals surface area contributed by atoms with Gasteiger partial charge >= 0.3 is 0 Å². The highest BCUT2D eigenvalue weighted by atomic mass is 35.5. The zero-order valence-electron chi connectivity index (χ0n) is 14.8. The smallest absolute Gasteiger partial charge is 0.243 e. The quantitative estimate of drug-likeness (QED) is 0.786. The van der Waals surface area contributed by atoms with Crippen molar-refractivity contribution in [1.29, 1.82) is 0 Å². The number of amides is 2. The number of rotatable bonds is 6. The van der Waals surface area contributed by atoms with Crippen LogP contribution in [0.3, 0.4) is 0 Å². The van der Waals surface area contributed by atoms with Crippen LogP contribution in [-0.4, -0.2) is 42.4 Å². The standard InChI is InChI=1S/C18H26ClN3O2.ClH/c1-3-10-22(18(24)14-8-9-20-13(2)11-14)12-17(23)21-16-6-4-15(19)5-7-16;/h4-7,13-14,20H,3,8-12H2,1-2H3,(H,21,23);1H/t13-,14-;/m0./s1. The number of carbonyl (C=O) groups is 2. The monoisotopic (exact) mass is 387 g/mol. The molecule has 25 heavy (non-hydrogen) atoms. The number of nitrogens with zero attached hydrogens (tertiary/aromatic N) is 1. The summed E-state index contributed by atoms with van der Waals surface area (Å²) in [5, 5.41) is 6.80. The first-order valence-electron chi connectivity index (χ1n) is 8.57. The number of nitrogens with one attached hydrogen (secondary N) is 2. The van der Waals surface area contributed by atoms with Crippen LogP contribution in [0.1, 0.15) is 33.1 Å². The van der Waals surface area contributed by atoms with Crippen molar-refractivity contribution in [3.63, 3.8) is 0 Å². The van der Waals surface area contributed by atoms with Gasteiger partial charge in [0, 0.05) is 29.2 Å². The topological polar surface area (TPSA) is 61.4 Å². The largest absolute Gasteiger partial charge is 0.333 e. The summed E-state index contributed by atoms with van der Waals surface area (Å²) in [6, 6.07) is 7.30. The average Bonchev–Trinajstić information content (AvgIpc) is 2.56. The highest BCUT2D eigenvalue weighted by Gasteiger charge is 2.29. The normalized spacial score (nSPS) is 19.6. The van der Waals surface area contributed by atoms with Gasteiger partial charge in [-0.15, -0.1) is 12.4 Å². The third-order valence-electron chi connectivity index (χ3n) is 4.24. The Morgan fingerprint density at radius 2 is 2.00 bits per heavy atom. The van der Waals surface area contributed by atoms with E-state index in [-0.39, 0.29) is 36.7 Å². The number of piperidine rings is 1. The van der Waals surface area contributed by atoms with E-state index in [9.17, 15) is 9.59 Å². The molecule has 0 saturated carbocycles. The third kappa shape index (κ3) is 6.84. The fourth-order valence-corrected chi connectivity index (χ4v) is 3.18. The Morgan fingerprint density at radius 1 is 1.32 bits per heavy atom. The van der Waals surface area contributed by atoms with Crippen molar-refractivity contribution in [3.8, 4) is 0 Å². The van der Waals surface area contributed by atoms with Gasteiger partial charge < -0.3 is 15.5 Å². The first-order valence-corrected chi connectivity index (χ1v) is 8.95. The summed E-state index contributed by atoms with van der Waals surface area (Å²) >= 11 is 5.84. The minimum atomic E-state index is -0.180. The van der Waals surface area contributed by atoms with Gasteiger partial charge in [-0.2, -0.15) is 0 Å². The molecule has 140 valence electrons. The Bertz CT molecular complexity index is 566. The molecule has 1 aromatic carbocycles. The number of hydrogen-bond acceptors (Lipinski definition) is 3. The maximum Gasteiger partial charge on any atom is 0.243 e. The van der Waals surface area contributed by atoms with Gasteiger partial charge in [0.15, 0.2) is 0 Å². The van der Waals surface area contributed by atoms with Gasteiger partial charge in [0.1, 0.15) is 0 Å². The number of halogens is 2. The molecule has 2 rings (SSSR count). The van der Waals surface area contributed by atoms with Crippen LogP contribution in [0.2, 0.25) is 5.02 Å². The third-order valence-corrected chi connectivity index (χ3v) is 4.49. The molecular formula is C18H27Cl2N3O2. The molecular weight excluding hydrogens is 361 g/mol. The van der Waals surface area contributed by atoms with Crippen molar-refractivity contribution in [2.75, 3.05) is 25.0 Å². The van der Waals surface area contributed by atoms with E-state index in [0.717, 1.165) is 25.8 Å². The van der Waals surface area contributed by atoms with E-state index in [4.69, 9.17) is 11.6 Å². The fourth-order valence-electron chi connectivity index (χ4n) is 3.06. The summed E-state index contributed by atoms with van der Waals surface area (Å²) in [5.74, 6) is -0.0753. The lowest BCUT2D eigenvalue weighted by Gasteiger charge is -2.31. The zero-order chi connectivity index (χ0) is 17.5. The maximum absolute atomic E-state index is 12.8. The number of benzene rings is 1. The molecule has 1 aromatic rings. The lowest BCUT2D eigenvalue weighted by molar-refractivity contribution is -0.139. The molecule has 1 fully saturated rings. The molecule has 0 bridgehead atoms. The molecule has 1 aliphatic rings. The van der Waals surface area contributed by atoms with Gasteiger partial charge in [-0.3, -0.25) is 9.59 Å². The van der Waals surface area contributed by atoms with Crippen LogP contribution in [0, 0.1) is 5.92 Å². The summed E-state index contributed by atoms with van der Waals surface area (Å²) in [4.78, 5) is 26.7. The van der Waals surface area contributed by atoms with Crippen molar-refractivity contribution < 1.29 is 9.59 Å². The predicted molar refractivity (Wildman–Crippen MR) is 104 cm³/mol. The predicted octanol–water partition coefficient (Wildman–Crippen LogP) is 3.33. The van der Waals surface area contributed by atoms with E-state index in [1.807, 2.05) is 6.92 Å². The van der Waals surface area contributed by atoms with Gasteiger partial charge in [-0.25, -0.2) is 0 Å². The molecule has 0 radical (unpaired) electrons. The molecule has 1 heterocycles. The second kappa shape index (κ2) is 10.6. The molecule has 7 heteroatoms. The molecule has 2 amide bonds. The Kier molecular flexibility index (Phi) is 9.25. The van der Waals surface area contributed by atoms with Crippen LogP contribution in [0.4, 0.5) is 5.69 Å². The SMILES string of the molecule is CCCN(CC(=O)Nc1ccc(Cl)cc1)C(=O)[C@H]1CCN[C@@H](C)C1.Cl. The van der Waals surface area contributed by atoms with Crippen molar-refractivity contribution in [3.05, 3.63) is 29.3 Å². The molecule has 2 N–H and O–H groups in total. The van der Waals surface area contributed by atoms with Crippen LogP contribution >= 0.6 is 24.0 Å². The van der Waals surface area contributed by atoms with Gasteiger partial charge in [0.2, 0.25) is 11.8 Å². The second-order valence-corrected chi connectivity index (χ2v) is 6.83. The molecule has 0 unspecified atom stereocenters. The van der Waals surface area contributed by atoms with Gasteiger partial charge in [-0.05, 0) is 57.0 Å². The van der Waals surface area contributed by atoms with Crippen molar-refractivity contribution in [2.45, 2.75) is 39.2 Å². The highest BCUT2D eigenvalue weighted by molar-refractivity contribution is 6.30. The zero-order valence-corrected chi connectivity index (χ0v) is 16.3. The van der Waals surface area contributed by atoms with Gasteiger partial charge in [-0.1, -0.05) is 18.5 Å². The van der Waals surface area contributed by atoms with Crippen molar-refractivity contribution in [1.82, 2.24) is 10.2 Å². The maximum atomic E-state index is 12.8. The van der Waals surface area contributed by atoms with E-state index in [2.05, 4.69) is 17.6 Å². The van der Waals surface area contributed by atoms with E-state index in [1.54, 1.807) is 29.2 Å². The minimum Gasteiger partial charge on any atom is -0.333 e. The van der Waals surface area contributed by atoms with Crippen molar-refractivity contribution in [2.24, 2.45) is 5.92 Å². The molecule has 1 saturated heterocycles. The van der Waals surface area contributed by atoms with Gasteiger partial charge in [0.25, 0.3) is 0 Å². The summed E-state index contributed by atoms with van der Waals surface area (Å²) in [6.45, 7) is 5.66. The average molecular weight is 388 g/mol. The van der Waals surface area contributed by atoms with Crippen LogP contribution in [-0.2, 0) is 9.59 Å². The molecule has 5 nitrogen and oxygen atoms in total. The van der Waals surface area contributed by atoms with E-state index in [0.29, 0.717) is 23.3 Å². The molecule has 0 aromatic heterocycles. The first-order chi connectivity index (χ1) is 11.5. The highest BCUT2D eigenvalue weighted by Crippen LogP contribution is 2.19. The fraction of sp³-hybridized carbons (Fsp3) is 0.556. The van der Waals surface area contributed by atoms with Gasteiger partial charge in [0.05, 0.1) is 6.54 Å².